The van der Waals surface area contributed by atoms with Crippen molar-refractivity contribution >= 4 is 39.2 Å². The van der Waals surface area contributed by atoms with Crippen molar-refractivity contribution in [2.24, 2.45) is 0 Å². The van der Waals surface area contributed by atoms with Crippen molar-refractivity contribution in [1.82, 2.24) is 0 Å². The van der Waals surface area contributed by atoms with E-state index in [0.717, 1.165) is 21.2 Å². The van der Waals surface area contributed by atoms with Crippen LogP contribution < -0.4 is 5.32 Å². The van der Waals surface area contributed by atoms with E-state index in [1.54, 1.807) is 19.1 Å². The number of benzene rings is 3. The summed E-state index contributed by atoms with van der Waals surface area (Å²) in [5.74, 6) is -0.942. The molecule has 154 valence electrons. The molecule has 0 radical (unpaired) electrons. The summed E-state index contributed by atoms with van der Waals surface area (Å²) in [5.41, 5.74) is 5.95. The predicted octanol–water partition coefficient (Wildman–Crippen LogP) is 6.27. The number of fused-ring (bicyclic) bond motifs is 4. The molecule has 0 bridgehead atoms. The number of aromatic carboxylic acids is 1. The van der Waals surface area contributed by atoms with E-state index < -0.39 is 12.1 Å². The summed E-state index contributed by atoms with van der Waals surface area (Å²) < 4.78 is 6.46. The Balaban J connectivity index is 1.33. The molecule has 1 heterocycles. The number of carbonyl (C=O) groups is 2. The van der Waals surface area contributed by atoms with Gasteiger partial charge in [0.2, 0.25) is 0 Å². The number of ether oxygens (including phenoxy) is 1. The quantitative estimate of drug-likeness (QED) is 0.401. The van der Waals surface area contributed by atoms with Crippen LogP contribution in [-0.4, -0.2) is 23.8 Å². The summed E-state index contributed by atoms with van der Waals surface area (Å²) >= 11 is 1.23. The number of rotatable bonds is 4. The van der Waals surface area contributed by atoms with Crippen LogP contribution in [0, 0.1) is 6.92 Å². The van der Waals surface area contributed by atoms with E-state index in [4.69, 9.17) is 4.74 Å². The fourth-order valence-electron chi connectivity index (χ4n) is 4.26. The molecule has 1 amide bonds. The minimum absolute atomic E-state index is 0.00197. The molecule has 31 heavy (non-hydrogen) atoms. The van der Waals surface area contributed by atoms with Gasteiger partial charge in [-0.2, -0.15) is 0 Å². The number of amides is 1. The van der Waals surface area contributed by atoms with E-state index in [1.807, 2.05) is 30.3 Å². The number of hydrogen-bond acceptors (Lipinski definition) is 4. The maximum Gasteiger partial charge on any atom is 0.411 e. The van der Waals surface area contributed by atoms with Crippen LogP contribution in [0.4, 0.5) is 10.5 Å². The third-order valence-electron chi connectivity index (χ3n) is 5.72. The van der Waals surface area contributed by atoms with Crippen LogP contribution in [0.1, 0.15) is 32.3 Å². The van der Waals surface area contributed by atoms with Crippen LogP contribution in [-0.2, 0) is 4.74 Å². The Morgan fingerprint density at radius 1 is 1.00 bits per heavy atom. The molecule has 1 aliphatic carbocycles. The molecule has 0 unspecified atom stereocenters. The van der Waals surface area contributed by atoms with E-state index >= 15 is 0 Å². The summed E-state index contributed by atoms with van der Waals surface area (Å²) in [7, 11) is 0. The zero-order valence-electron chi connectivity index (χ0n) is 16.7. The number of anilines is 1. The van der Waals surface area contributed by atoms with Gasteiger partial charge in [-0.15, -0.1) is 11.3 Å². The van der Waals surface area contributed by atoms with Crippen molar-refractivity contribution in [3.8, 4) is 11.1 Å². The number of aryl methyl sites for hydroxylation is 1. The number of carbonyl (C=O) groups excluding carboxylic acids is 1. The maximum atomic E-state index is 12.5. The van der Waals surface area contributed by atoms with Gasteiger partial charge in [-0.3, -0.25) is 5.32 Å². The molecular weight excluding hydrogens is 410 g/mol. The molecule has 5 rings (SSSR count). The van der Waals surface area contributed by atoms with E-state index in [9.17, 15) is 14.7 Å². The van der Waals surface area contributed by atoms with Crippen LogP contribution in [0.3, 0.4) is 0 Å². The standard InChI is InChI=1S/C25H19NO4S/c1-14-20-12-15(10-11-22(20)31-23(14)24(27)28)26-25(29)30-13-21-18-8-4-2-6-16(18)17-7-3-5-9-19(17)21/h2-12,21H,13H2,1H3,(H,26,29)(H,27,28). The molecule has 4 aromatic rings. The van der Waals surface area contributed by atoms with E-state index in [0.29, 0.717) is 16.1 Å². The van der Waals surface area contributed by atoms with Crippen LogP contribution in [0.25, 0.3) is 21.2 Å². The molecule has 2 N–H and O–H groups in total. The zero-order valence-corrected chi connectivity index (χ0v) is 17.5. The summed E-state index contributed by atoms with van der Waals surface area (Å²) in [6.45, 7) is 2.02. The average Bonchev–Trinajstić information content (AvgIpc) is 3.27. The fourth-order valence-corrected chi connectivity index (χ4v) is 5.28. The van der Waals surface area contributed by atoms with E-state index in [2.05, 4.69) is 29.6 Å². The lowest BCUT2D eigenvalue weighted by atomic mass is 9.98. The van der Waals surface area contributed by atoms with Crippen LogP contribution >= 0.6 is 11.3 Å². The molecule has 5 nitrogen and oxygen atoms in total. The minimum atomic E-state index is -0.940. The highest BCUT2D eigenvalue weighted by Crippen LogP contribution is 2.44. The van der Waals surface area contributed by atoms with E-state index in [1.165, 1.54) is 22.5 Å². The van der Waals surface area contributed by atoms with Gasteiger partial charge in [0.1, 0.15) is 11.5 Å². The molecule has 0 spiro atoms. The first-order valence-corrected chi connectivity index (χ1v) is 10.7. The second kappa shape index (κ2) is 7.56. The van der Waals surface area contributed by atoms with E-state index in [-0.39, 0.29) is 12.5 Å². The lowest BCUT2D eigenvalue weighted by Gasteiger charge is -2.14. The summed E-state index contributed by atoms with van der Waals surface area (Å²) in [4.78, 5) is 24.2. The molecule has 1 aromatic heterocycles. The third kappa shape index (κ3) is 3.35. The Morgan fingerprint density at radius 2 is 1.65 bits per heavy atom. The first-order valence-electron chi connectivity index (χ1n) is 9.91. The SMILES string of the molecule is Cc1c(C(=O)O)sc2ccc(NC(=O)OCC3c4ccccc4-c4ccccc43)cc12. The largest absolute Gasteiger partial charge is 0.477 e. The van der Waals surface area contributed by atoms with Gasteiger partial charge in [-0.25, -0.2) is 9.59 Å². The van der Waals surface area contributed by atoms with Crippen molar-refractivity contribution in [1.29, 1.82) is 0 Å². The lowest BCUT2D eigenvalue weighted by Crippen LogP contribution is -2.17. The molecule has 0 aliphatic heterocycles. The van der Waals surface area contributed by atoms with Crippen molar-refractivity contribution < 1.29 is 19.4 Å². The Bertz CT molecular complexity index is 1300. The number of carboxylic acids is 1. The first kappa shape index (κ1) is 19.3. The Morgan fingerprint density at radius 3 is 2.29 bits per heavy atom. The van der Waals surface area contributed by atoms with Crippen LogP contribution in [0.15, 0.2) is 66.7 Å². The molecule has 0 atom stereocenters. The zero-order chi connectivity index (χ0) is 21.5. The average molecular weight is 429 g/mol. The van der Waals surface area contributed by atoms with Gasteiger partial charge < -0.3 is 9.84 Å². The minimum Gasteiger partial charge on any atom is -0.477 e. The smallest absolute Gasteiger partial charge is 0.411 e. The number of nitrogens with one attached hydrogen (secondary N) is 1. The van der Waals surface area contributed by atoms with Gasteiger partial charge in [-0.05, 0) is 58.3 Å². The highest BCUT2D eigenvalue weighted by molar-refractivity contribution is 7.21. The topological polar surface area (TPSA) is 75.6 Å². The fraction of sp³-hybridized carbons (Fsp3) is 0.120. The second-order valence-corrected chi connectivity index (χ2v) is 8.58. The maximum absolute atomic E-state index is 12.5. The third-order valence-corrected chi connectivity index (χ3v) is 6.98. The van der Waals surface area contributed by atoms with Gasteiger partial charge in [0.25, 0.3) is 0 Å². The molecule has 0 saturated carbocycles. The molecule has 3 aromatic carbocycles. The highest BCUT2D eigenvalue weighted by Gasteiger charge is 2.29. The van der Waals surface area contributed by atoms with Crippen LogP contribution in [0.5, 0.6) is 0 Å². The van der Waals surface area contributed by atoms with Crippen molar-refractivity contribution in [2.45, 2.75) is 12.8 Å². The van der Waals surface area contributed by atoms with Crippen LogP contribution in [0.2, 0.25) is 0 Å². The summed E-state index contributed by atoms with van der Waals surface area (Å²) in [5, 5.41) is 12.9. The van der Waals surface area contributed by atoms with Gasteiger partial charge in [-0.1, -0.05) is 48.5 Å². The number of hydrogen-bond donors (Lipinski definition) is 2. The summed E-state index contributed by atoms with van der Waals surface area (Å²) in [6, 6.07) is 21.7. The normalized spacial score (nSPS) is 12.4. The van der Waals surface area contributed by atoms with Crippen molar-refractivity contribution in [2.75, 3.05) is 11.9 Å². The molecule has 6 heteroatoms. The lowest BCUT2D eigenvalue weighted by molar-refractivity contribution is 0.0701. The van der Waals surface area contributed by atoms with Gasteiger partial charge in [0, 0.05) is 16.3 Å². The number of carboxylic acid groups (broad SMARTS) is 1. The molecule has 1 aliphatic rings. The Labute approximate surface area is 182 Å². The molecule has 0 saturated heterocycles. The Kier molecular flexibility index (Phi) is 4.71. The second-order valence-electron chi connectivity index (χ2n) is 7.52. The van der Waals surface area contributed by atoms with Gasteiger partial charge in [0.05, 0.1) is 0 Å². The molecule has 0 fully saturated rings. The van der Waals surface area contributed by atoms with Crippen molar-refractivity contribution in [3.63, 3.8) is 0 Å². The number of thiophene rings is 1. The molecular formula is C25H19NO4S. The predicted molar refractivity (Wildman–Crippen MR) is 122 cm³/mol. The first-order chi connectivity index (χ1) is 15.0. The van der Waals surface area contributed by atoms with Gasteiger partial charge >= 0.3 is 12.1 Å². The summed E-state index contributed by atoms with van der Waals surface area (Å²) in [6.07, 6.45) is -0.535. The monoisotopic (exact) mass is 429 g/mol. The Hall–Kier alpha value is -3.64. The van der Waals surface area contributed by atoms with Crippen molar-refractivity contribution in [3.05, 3.63) is 88.3 Å². The highest BCUT2D eigenvalue weighted by atomic mass is 32.1. The van der Waals surface area contributed by atoms with Gasteiger partial charge in [0.15, 0.2) is 0 Å².